The van der Waals surface area contributed by atoms with Gasteiger partial charge in [-0.1, -0.05) is 0 Å². The number of piperazine rings is 1. The number of hydrogen-bond donors (Lipinski definition) is 1. The molecule has 2 aliphatic rings. The standard InChI is InChI=1S/C19H27N5O4/c1-14(25)21-8-10-22(11-9-21)17-6-5-15(12-18(17)24(27)28)19(26)23-7-3-2-4-16(23)13-20/h5-6,12,16H,2-4,7-11,13,20H2,1H3. The molecule has 0 radical (unpaired) electrons. The molecule has 1 unspecified atom stereocenters. The third-order valence-corrected chi connectivity index (χ3v) is 5.64. The Kier molecular flexibility index (Phi) is 6.13. The summed E-state index contributed by atoms with van der Waals surface area (Å²) in [4.78, 5) is 41.0. The quantitative estimate of drug-likeness (QED) is 0.612. The van der Waals surface area contributed by atoms with E-state index >= 15 is 0 Å². The van der Waals surface area contributed by atoms with Gasteiger partial charge in [0, 0.05) is 63.9 Å². The molecule has 0 spiro atoms. The molecule has 1 atom stereocenters. The number of nitrogens with two attached hydrogens (primary N) is 1. The Hall–Kier alpha value is -2.68. The first kappa shape index (κ1) is 20.1. The van der Waals surface area contributed by atoms with Gasteiger partial charge in [-0.3, -0.25) is 19.7 Å². The largest absolute Gasteiger partial charge is 0.362 e. The van der Waals surface area contributed by atoms with Gasteiger partial charge in [0.1, 0.15) is 5.69 Å². The zero-order valence-corrected chi connectivity index (χ0v) is 16.2. The zero-order valence-electron chi connectivity index (χ0n) is 16.2. The Morgan fingerprint density at radius 1 is 1.18 bits per heavy atom. The first-order valence-electron chi connectivity index (χ1n) is 9.72. The van der Waals surface area contributed by atoms with E-state index in [2.05, 4.69) is 0 Å². The summed E-state index contributed by atoms with van der Waals surface area (Å²) in [6, 6.07) is 4.66. The average molecular weight is 389 g/mol. The number of likely N-dealkylation sites (tertiary alicyclic amines) is 1. The van der Waals surface area contributed by atoms with Gasteiger partial charge in [0.15, 0.2) is 0 Å². The highest BCUT2D eigenvalue weighted by Gasteiger charge is 2.30. The lowest BCUT2D eigenvalue weighted by Crippen LogP contribution is -2.48. The average Bonchev–Trinajstić information content (AvgIpc) is 2.72. The molecule has 2 N–H and O–H groups in total. The highest BCUT2D eigenvalue weighted by Crippen LogP contribution is 2.31. The molecule has 2 fully saturated rings. The minimum absolute atomic E-state index is 0.00563. The second-order valence-corrected chi connectivity index (χ2v) is 7.34. The van der Waals surface area contributed by atoms with E-state index in [1.807, 2.05) is 4.90 Å². The summed E-state index contributed by atoms with van der Waals surface area (Å²) < 4.78 is 0. The lowest BCUT2D eigenvalue weighted by atomic mass is 10.0. The van der Waals surface area contributed by atoms with Crippen LogP contribution < -0.4 is 10.6 Å². The number of nitro benzene ring substituents is 1. The number of benzene rings is 1. The van der Waals surface area contributed by atoms with Gasteiger partial charge in [0.25, 0.3) is 11.6 Å². The molecule has 1 aromatic carbocycles. The first-order chi connectivity index (χ1) is 13.4. The number of piperidine rings is 1. The van der Waals surface area contributed by atoms with E-state index in [0.29, 0.717) is 50.5 Å². The van der Waals surface area contributed by atoms with E-state index in [4.69, 9.17) is 5.73 Å². The SMILES string of the molecule is CC(=O)N1CCN(c2ccc(C(=O)N3CCCCC3CN)cc2[N+](=O)[O-])CC1. The van der Waals surface area contributed by atoms with E-state index < -0.39 is 4.92 Å². The smallest absolute Gasteiger partial charge is 0.293 e. The highest BCUT2D eigenvalue weighted by molar-refractivity contribution is 5.96. The highest BCUT2D eigenvalue weighted by atomic mass is 16.6. The van der Waals surface area contributed by atoms with E-state index in [9.17, 15) is 19.7 Å². The summed E-state index contributed by atoms with van der Waals surface area (Å²) >= 11 is 0. The summed E-state index contributed by atoms with van der Waals surface area (Å²) in [6.07, 6.45) is 2.82. The molecule has 2 amide bonds. The second-order valence-electron chi connectivity index (χ2n) is 7.34. The first-order valence-corrected chi connectivity index (χ1v) is 9.72. The van der Waals surface area contributed by atoms with Crippen LogP contribution >= 0.6 is 0 Å². The summed E-state index contributed by atoms with van der Waals surface area (Å²) in [5.74, 6) is -0.197. The van der Waals surface area contributed by atoms with Crippen LogP contribution in [0.3, 0.4) is 0 Å². The van der Waals surface area contributed by atoms with Gasteiger partial charge < -0.3 is 20.4 Å². The number of nitrogens with zero attached hydrogens (tertiary/aromatic N) is 4. The van der Waals surface area contributed by atoms with Gasteiger partial charge in [-0.2, -0.15) is 0 Å². The van der Waals surface area contributed by atoms with E-state index in [1.54, 1.807) is 21.9 Å². The number of amides is 2. The minimum Gasteiger partial charge on any atom is -0.362 e. The van der Waals surface area contributed by atoms with Crippen LogP contribution in [0.2, 0.25) is 0 Å². The number of carbonyl (C=O) groups is 2. The summed E-state index contributed by atoms with van der Waals surface area (Å²) in [7, 11) is 0. The third kappa shape index (κ3) is 4.09. The fraction of sp³-hybridized carbons (Fsp3) is 0.579. The Morgan fingerprint density at radius 3 is 2.50 bits per heavy atom. The van der Waals surface area contributed by atoms with Gasteiger partial charge in [0.2, 0.25) is 5.91 Å². The molecule has 0 bridgehead atoms. The Morgan fingerprint density at radius 2 is 1.89 bits per heavy atom. The van der Waals surface area contributed by atoms with E-state index in [0.717, 1.165) is 19.3 Å². The molecule has 3 rings (SSSR count). The van der Waals surface area contributed by atoms with Crippen LogP contribution in [0.25, 0.3) is 0 Å². The molecule has 28 heavy (non-hydrogen) atoms. The van der Waals surface area contributed by atoms with Gasteiger partial charge in [-0.25, -0.2) is 0 Å². The second kappa shape index (κ2) is 8.55. The van der Waals surface area contributed by atoms with Crippen LogP contribution in [0, 0.1) is 10.1 Å². The third-order valence-electron chi connectivity index (χ3n) is 5.64. The maximum absolute atomic E-state index is 12.9. The van der Waals surface area contributed by atoms with Crippen molar-refractivity contribution in [3.8, 4) is 0 Å². The lowest BCUT2D eigenvalue weighted by molar-refractivity contribution is -0.384. The monoisotopic (exact) mass is 389 g/mol. The fourth-order valence-corrected chi connectivity index (χ4v) is 4.01. The Labute approximate surface area is 164 Å². The van der Waals surface area contributed by atoms with Crippen LogP contribution in [-0.4, -0.2) is 71.8 Å². The molecule has 0 aliphatic carbocycles. The summed E-state index contributed by atoms with van der Waals surface area (Å²) in [5, 5.41) is 11.7. The van der Waals surface area contributed by atoms with E-state index in [1.165, 1.54) is 13.0 Å². The topological polar surface area (TPSA) is 113 Å². The minimum atomic E-state index is -0.444. The van der Waals surface area contributed by atoms with Crippen molar-refractivity contribution >= 4 is 23.2 Å². The fourth-order valence-electron chi connectivity index (χ4n) is 4.01. The van der Waals surface area contributed by atoms with Gasteiger partial charge in [-0.05, 0) is 31.4 Å². The van der Waals surface area contributed by atoms with Crippen LogP contribution in [0.5, 0.6) is 0 Å². The summed E-state index contributed by atoms with van der Waals surface area (Å²) in [5.41, 5.74) is 6.53. The number of rotatable bonds is 4. The molecule has 152 valence electrons. The van der Waals surface area contributed by atoms with Crippen molar-refractivity contribution in [1.82, 2.24) is 9.80 Å². The molecule has 1 aromatic rings. The maximum atomic E-state index is 12.9. The number of anilines is 1. The molecule has 0 saturated carbocycles. The zero-order chi connectivity index (χ0) is 20.3. The molecule has 2 saturated heterocycles. The molecular weight excluding hydrogens is 362 g/mol. The van der Waals surface area contributed by atoms with Gasteiger partial charge in [0.05, 0.1) is 4.92 Å². The van der Waals surface area contributed by atoms with Crippen LogP contribution in [-0.2, 0) is 4.79 Å². The molecule has 0 aromatic heterocycles. The van der Waals surface area contributed by atoms with Crippen molar-refractivity contribution in [2.45, 2.75) is 32.2 Å². The van der Waals surface area contributed by atoms with Crippen LogP contribution in [0.15, 0.2) is 18.2 Å². The Balaban J connectivity index is 1.82. The van der Waals surface area contributed by atoms with Crippen LogP contribution in [0.4, 0.5) is 11.4 Å². The molecule has 2 heterocycles. The molecule has 9 heteroatoms. The number of carbonyl (C=O) groups excluding carboxylic acids is 2. The maximum Gasteiger partial charge on any atom is 0.293 e. The normalized spacial score (nSPS) is 20.2. The number of hydrogen-bond acceptors (Lipinski definition) is 6. The van der Waals surface area contributed by atoms with Crippen molar-refractivity contribution in [3.05, 3.63) is 33.9 Å². The predicted molar refractivity (Wildman–Crippen MR) is 105 cm³/mol. The van der Waals surface area contributed by atoms with Crippen molar-refractivity contribution in [2.75, 3.05) is 44.2 Å². The van der Waals surface area contributed by atoms with Gasteiger partial charge >= 0.3 is 0 Å². The molecular formula is C19H27N5O4. The van der Waals surface area contributed by atoms with E-state index in [-0.39, 0.29) is 23.5 Å². The van der Waals surface area contributed by atoms with Gasteiger partial charge in [-0.15, -0.1) is 0 Å². The summed E-state index contributed by atoms with van der Waals surface area (Å²) in [6.45, 7) is 4.64. The Bertz CT molecular complexity index is 761. The van der Waals surface area contributed by atoms with Crippen molar-refractivity contribution in [2.24, 2.45) is 5.73 Å². The van der Waals surface area contributed by atoms with Crippen molar-refractivity contribution in [1.29, 1.82) is 0 Å². The lowest BCUT2D eigenvalue weighted by Gasteiger charge is -2.36. The number of nitro groups is 1. The molecule has 9 nitrogen and oxygen atoms in total. The van der Waals surface area contributed by atoms with Crippen molar-refractivity contribution < 1.29 is 14.5 Å². The molecule has 2 aliphatic heterocycles. The van der Waals surface area contributed by atoms with Crippen LogP contribution in [0.1, 0.15) is 36.5 Å². The predicted octanol–water partition coefficient (Wildman–Crippen LogP) is 1.22. The van der Waals surface area contributed by atoms with Crippen molar-refractivity contribution in [3.63, 3.8) is 0 Å².